The van der Waals surface area contributed by atoms with Gasteiger partial charge in [-0.3, -0.25) is 0 Å². The zero-order valence-corrected chi connectivity index (χ0v) is 13.1. The lowest BCUT2D eigenvalue weighted by Gasteiger charge is -2.26. The number of nitrogens with zero attached hydrogens (tertiary/aromatic N) is 1. The summed E-state index contributed by atoms with van der Waals surface area (Å²) in [6.45, 7) is 15.5. The van der Waals surface area contributed by atoms with Gasteiger partial charge in [0, 0.05) is 25.3 Å². The van der Waals surface area contributed by atoms with Crippen LogP contribution in [0.25, 0.3) is 0 Å². The van der Waals surface area contributed by atoms with Crippen LogP contribution in [0.15, 0.2) is 37.4 Å². The van der Waals surface area contributed by atoms with Crippen molar-refractivity contribution in [2.24, 2.45) is 0 Å². The number of amides is 1. The largest absolute Gasteiger partial charge is 0.412 e. The molecule has 0 aliphatic carbocycles. The van der Waals surface area contributed by atoms with Crippen molar-refractivity contribution in [1.29, 1.82) is 0 Å². The number of hydrogen-bond donors (Lipinski definition) is 1. The first-order valence-electron chi connectivity index (χ1n) is 7.07. The standard InChI is InChI=1S/C17H24N2O2/c1-6-9-19(10-7-2)16-13(4)11-15(12-14(16)5)21-17(20)18-8-3/h6-7,11-12H,1-2,8-10H2,3-5H3,(H,18,20). The van der Waals surface area contributed by atoms with Gasteiger partial charge in [0.1, 0.15) is 5.75 Å². The molecule has 0 bridgehead atoms. The number of rotatable bonds is 7. The van der Waals surface area contributed by atoms with Crippen LogP contribution in [0.5, 0.6) is 5.75 Å². The van der Waals surface area contributed by atoms with E-state index in [1.807, 2.05) is 45.1 Å². The van der Waals surface area contributed by atoms with Crippen LogP contribution >= 0.6 is 0 Å². The van der Waals surface area contributed by atoms with Gasteiger partial charge in [-0.1, -0.05) is 12.2 Å². The Hall–Kier alpha value is -2.23. The molecule has 0 spiro atoms. The molecule has 1 amide bonds. The summed E-state index contributed by atoms with van der Waals surface area (Å²) in [6, 6.07) is 3.74. The van der Waals surface area contributed by atoms with E-state index in [-0.39, 0.29) is 0 Å². The summed E-state index contributed by atoms with van der Waals surface area (Å²) < 4.78 is 5.26. The number of ether oxygens (including phenoxy) is 1. The van der Waals surface area contributed by atoms with E-state index in [9.17, 15) is 4.79 Å². The summed E-state index contributed by atoms with van der Waals surface area (Å²) >= 11 is 0. The Kier molecular flexibility index (Phi) is 6.53. The van der Waals surface area contributed by atoms with Gasteiger partial charge in [0.15, 0.2) is 0 Å². The van der Waals surface area contributed by atoms with Gasteiger partial charge >= 0.3 is 6.09 Å². The fraction of sp³-hybridized carbons (Fsp3) is 0.353. The normalized spacial score (nSPS) is 9.86. The van der Waals surface area contributed by atoms with Gasteiger partial charge in [0.05, 0.1) is 0 Å². The van der Waals surface area contributed by atoms with Crippen molar-refractivity contribution in [1.82, 2.24) is 5.32 Å². The summed E-state index contributed by atoms with van der Waals surface area (Å²) in [5.74, 6) is 0.553. The zero-order chi connectivity index (χ0) is 15.8. The molecular formula is C17H24N2O2. The Morgan fingerprint density at radius 3 is 2.19 bits per heavy atom. The van der Waals surface area contributed by atoms with E-state index >= 15 is 0 Å². The lowest BCUT2D eigenvalue weighted by molar-refractivity contribution is 0.201. The zero-order valence-electron chi connectivity index (χ0n) is 13.1. The number of carbonyl (C=O) groups excluding carboxylic acids is 1. The monoisotopic (exact) mass is 288 g/mol. The number of hydrogen-bond acceptors (Lipinski definition) is 3. The minimum atomic E-state index is -0.432. The highest BCUT2D eigenvalue weighted by atomic mass is 16.6. The van der Waals surface area contributed by atoms with Crippen molar-refractivity contribution < 1.29 is 9.53 Å². The fourth-order valence-electron chi connectivity index (χ4n) is 2.33. The summed E-state index contributed by atoms with van der Waals surface area (Å²) in [7, 11) is 0. The maximum Gasteiger partial charge on any atom is 0.412 e. The third kappa shape index (κ3) is 4.67. The average molecular weight is 288 g/mol. The highest BCUT2D eigenvalue weighted by molar-refractivity contribution is 5.71. The summed E-state index contributed by atoms with van der Waals surface area (Å²) in [5, 5.41) is 2.61. The van der Waals surface area contributed by atoms with Crippen LogP contribution in [0.3, 0.4) is 0 Å². The summed E-state index contributed by atoms with van der Waals surface area (Å²) in [4.78, 5) is 13.7. The van der Waals surface area contributed by atoms with Crippen LogP contribution < -0.4 is 15.0 Å². The van der Waals surface area contributed by atoms with E-state index in [0.29, 0.717) is 12.3 Å². The highest BCUT2D eigenvalue weighted by Crippen LogP contribution is 2.29. The molecule has 0 aromatic heterocycles. The van der Waals surface area contributed by atoms with E-state index in [4.69, 9.17) is 4.74 Å². The summed E-state index contributed by atoms with van der Waals surface area (Å²) in [5.41, 5.74) is 3.23. The summed E-state index contributed by atoms with van der Waals surface area (Å²) in [6.07, 6.45) is 3.29. The molecule has 0 radical (unpaired) electrons. The van der Waals surface area contributed by atoms with Crippen LogP contribution in [0.4, 0.5) is 10.5 Å². The second-order valence-corrected chi connectivity index (χ2v) is 4.81. The molecule has 0 unspecified atom stereocenters. The first-order chi connectivity index (χ1) is 10.0. The molecule has 21 heavy (non-hydrogen) atoms. The first-order valence-corrected chi connectivity index (χ1v) is 7.07. The molecule has 0 aliphatic rings. The third-order valence-corrected chi connectivity index (χ3v) is 3.01. The van der Waals surface area contributed by atoms with E-state index in [2.05, 4.69) is 23.4 Å². The van der Waals surface area contributed by atoms with Gasteiger partial charge < -0.3 is 15.0 Å². The molecule has 0 aliphatic heterocycles. The van der Waals surface area contributed by atoms with Crippen molar-refractivity contribution in [3.63, 3.8) is 0 Å². The van der Waals surface area contributed by atoms with E-state index < -0.39 is 6.09 Å². The molecule has 0 heterocycles. The van der Waals surface area contributed by atoms with E-state index in [0.717, 1.165) is 29.9 Å². The number of nitrogens with one attached hydrogen (secondary N) is 1. The molecule has 4 nitrogen and oxygen atoms in total. The van der Waals surface area contributed by atoms with Crippen LogP contribution in [-0.2, 0) is 0 Å². The molecule has 0 atom stereocenters. The number of carbonyl (C=O) groups is 1. The molecular weight excluding hydrogens is 264 g/mol. The van der Waals surface area contributed by atoms with E-state index in [1.54, 1.807) is 0 Å². The molecule has 114 valence electrons. The molecule has 0 saturated carbocycles. The topological polar surface area (TPSA) is 41.6 Å². The number of anilines is 1. The third-order valence-electron chi connectivity index (χ3n) is 3.01. The van der Waals surface area contributed by atoms with Crippen molar-refractivity contribution in [2.45, 2.75) is 20.8 Å². The molecule has 1 N–H and O–H groups in total. The minimum absolute atomic E-state index is 0.432. The Labute approximate surface area is 127 Å². The molecule has 1 rings (SSSR count). The van der Waals surface area contributed by atoms with Crippen molar-refractivity contribution in [3.8, 4) is 5.75 Å². The van der Waals surface area contributed by atoms with Gasteiger partial charge in [0.2, 0.25) is 0 Å². The van der Waals surface area contributed by atoms with Crippen LogP contribution in [-0.4, -0.2) is 25.7 Å². The predicted octanol–water partition coefficient (Wildman–Crippen LogP) is 3.59. The first kappa shape index (κ1) is 16.8. The molecule has 1 aromatic carbocycles. The number of benzene rings is 1. The van der Waals surface area contributed by atoms with Gasteiger partial charge in [-0.15, -0.1) is 13.2 Å². The van der Waals surface area contributed by atoms with Gasteiger partial charge in [0.25, 0.3) is 0 Å². The van der Waals surface area contributed by atoms with Crippen molar-refractivity contribution in [2.75, 3.05) is 24.5 Å². The predicted molar refractivity (Wildman–Crippen MR) is 88.2 cm³/mol. The van der Waals surface area contributed by atoms with Crippen LogP contribution in [0, 0.1) is 13.8 Å². The maximum atomic E-state index is 11.5. The van der Waals surface area contributed by atoms with Crippen LogP contribution in [0.2, 0.25) is 0 Å². The van der Waals surface area contributed by atoms with Gasteiger partial charge in [-0.2, -0.15) is 0 Å². The molecule has 4 heteroatoms. The Morgan fingerprint density at radius 2 is 1.76 bits per heavy atom. The fourth-order valence-corrected chi connectivity index (χ4v) is 2.33. The smallest absolute Gasteiger partial charge is 0.410 e. The lowest BCUT2D eigenvalue weighted by atomic mass is 10.1. The molecule has 0 fully saturated rings. The van der Waals surface area contributed by atoms with E-state index in [1.165, 1.54) is 0 Å². The Balaban J connectivity index is 3.05. The van der Waals surface area contributed by atoms with Gasteiger partial charge in [-0.05, 0) is 44.0 Å². The molecule has 0 saturated heterocycles. The Bertz CT molecular complexity index is 491. The maximum absolute atomic E-state index is 11.5. The number of aryl methyl sites for hydroxylation is 2. The van der Waals surface area contributed by atoms with Crippen molar-refractivity contribution in [3.05, 3.63) is 48.6 Å². The minimum Gasteiger partial charge on any atom is -0.410 e. The molecule has 1 aromatic rings. The average Bonchev–Trinajstić information content (AvgIpc) is 2.38. The SMILES string of the molecule is C=CCN(CC=C)c1c(C)cc(OC(=O)NCC)cc1C. The van der Waals surface area contributed by atoms with Gasteiger partial charge in [-0.25, -0.2) is 4.79 Å². The Morgan fingerprint density at radius 1 is 1.24 bits per heavy atom. The van der Waals surface area contributed by atoms with Crippen molar-refractivity contribution >= 4 is 11.8 Å². The second-order valence-electron chi connectivity index (χ2n) is 4.81. The van der Waals surface area contributed by atoms with Crippen LogP contribution in [0.1, 0.15) is 18.1 Å². The second kappa shape index (κ2) is 8.15. The quantitative estimate of drug-likeness (QED) is 0.780. The lowest BCUT2D eigenvalue weighted by Crippen LogP contribution is -2.27. The highest BCUT2D eigenvalue weighted by Gasteiger charge is 2.13.